The van der Waals surface area contributed by atoms with Crippen molar-refractivity contribution in [3.8, 4) is 5.88 Å². The van der Waals surface area contributed by atoms with E-state index >= 15 is 0 Å². The number of aromatic hydroxyl groups is 1. The van der Waals surface area contributed by atoms with Gasteiger partial charge >= 0.3 is 0 Å². The highest BCUT2D eigenvalue weighted by atomic mass is 32.1. The van der Waals surface area contributed by atoms with Gasteiger partial charge in [-0.25, -0.2) is 18.2 Å². The van der Waals surface area contributed by atoms with Crippen molar-refractivity contribution in [2.45, 2.75) is 38.6 Å². The van der Waals surface area contributed by atoms with Gasteiger partial charge in [0.15, 0.2) is 17.5 Å². The molecule has 3 heterocycles. The Morgan fingerprint density at radius 2 is 1.70 bits per heavy atom. The molecule has 1 unspecified atom stereocenters. The van der Waals surface area contributed by atoms with Gasteiger partial charge in [-0.1, -0.05) is 24.2 Å². The third-order valence-electron chi connectivity index (χ3n) is 4.88. The molecule has 0 saturated carbocycles. The number of aryl methyl sites for hydroxylation is 1. The second kappa shape index (κ2) is 7.12. The first kappa shape index (κ1) is 18.2. The molecule has 1 saturated heterocycles. The van der Waals surface area contributed by atoms with Gasteiger partial charge in [0.2, 0.25) is 10.8 Å². The van der Waals surface area contributed by atoms with Crippen LogP contribution in [0, 0.1) is 24.4 Å². The molecule has 3 aromatic rings. The fraction of sp³-hybridized carbons (Fsp3) is 0.444. The monoisotopic (exact) mass is 396 g/mol. The Bertz CT molecular complexity index is 956. The summed E-state index contributed by atoms with van der Waals surface area (Å²) < 4.78 is 42.7. The van der Waals surface area contributed by atoms with Gasteiger partial charge < -0.3 is 5.11 Å². The highest BCUT2D eigenvalue weighted by Crippen LogP contribution is 2.41. The Hall–Kier alpha value is -2.13. The van der Waals surface area contributed by atoms with Crippen LogP contribution in [0.2, 0.25) is 0 Å². The fourth-order valence-electron chi connectivity index (χ4n) is 3.64. The Morgan fingerprint density at radius 3 is 2.30 bits per heavy atom. The Morgan fingerprint density at radius 1 is 1.07 bits per heavy atom. The quantitative estimate of drug-likeness (QED) is 0.675. The molecule has 0 bridgehead atoms. The maximum Gasteiger partial charge on any atom is 0.230 e. The smallest absolute Gasteiger partial charge is 0.230 e. The summed E-state index contributed by atoms with van der Waals surface area (Å²) in [6, 6.07) is 1.42. The minimum atomic E-state index is -1.49. The van der Waals surface area contributed by atoms with Crippen LogP contribution >= 0.6 is 11.3 Å². The van der Waals surface area contributed by atoms with E-state index in [2.05, 4.69) is 15.0 Å². The molecular formula is C18H19F3N4OS. The summed E-state index contributed by atoms with van der Waals surface area (Å²) in [4.78, 5) is 7.35. The first-order valence-electron chi connectivity index (χ1n) is 8.89. The number of hydrogen-bond acceptors (Lipinski definition) is 5. The number of hydrogen-bond donors (Lipinski definition) is 1. The summed E-state index contributed by atoms with van der Waals surface area (Å²) in [6.45, 7) is 3.16. The highest BCUT2D eigenvalue weighted by molar-refractivity contribution is 7.17. The lowest BCUT2D eigenvalue weighted by molar-refractivity contribution is 0.231. The molecule has 1 atom stereocenters. The predicted octanol–water partition coefficient (Wildman–Crippen LogP) is 4.19. The van der Waals surface area contributed by atoms with Crippen molar-refractivity contribution in [1.29, 1.82) is 0 Å². The normalized spacial score (nSPS) is 17.3. The Labute approximate surface area is 158 Å². The molecule has 4 rings (SSSR count). The van der Waals surface area contributed by atoms with Crippen LogP contribution in [0.15, 0.2) is 12.1 Å². The zero-order valence-corrected chi connectivity index (χ0v) is 15.6. The van der Waals surface area contributed by atoms with E-state index in [1.54, 1.807) is 6.92 Å². The van der Waals surface area contributed by atoms with Crippen LogP contribution in [-0.2, 0) is 0 Å². The second-order valence-electron chi connectivity index (χ2n) is 6.79. The van der Waals surface area contributed by atoms with Crippen molar-refractivity contribution in [2.24, 2.45) is 0 Å². The summed E-state index contributed by atoms with van der Waals surface area (Å²) in [5.74, 6) is -3.54. The maximum absolute atomic E-state index is 13.9. The van der Waals surface area contributed by atoms with Crippen LogP contribution in [0.3, 0.4) is 0 Å². The molecule has 1 aliphatic rings. The number of nitrogens with zero attached hydrogens (tertiary/aromatic N) is 4. The lowest BCUT2D eigenvalue weighted by Crippen LogP contribution is -2.30. The molecular weight excluding hydrogens is 377 g/mol. The van der Waals surface area contributed by atoms with Gasteiger partial charge in [0, 0.05) is 0 Å². The topological polar surface area (TPSA) is 53.7 Å². The number of thiazole rings is 1. The molecule has 2 aromatic heterocycles. The SMILES string of the molecule is Cc1nc2sc(C(c3cc(F)c(F)c(F)c3)N3CCCCCC3)c(O)n2n1. The summed E-state index contributed by atoms with van der Waals surface area (Å²) in [6.07, 6.45) is 4.05. The molecule has 1 aliphatic heterocycles. The van der Waals surface area contributed by atoms with E-state index in [0.29, 0.717) is 15.7 Å². The summed E-state index contributed by atoms with van der Waals surface area (Å²) in [5.41, 5.74) is 0.268. The largest absolute Gasteiger partial charge is 0.492 e. The molecule has 0 amide bonds. The second-order valence-corrected chi connectivity index (χ2v) is 7.80. The zero-order chi connectivity index (χ0) is 19.1. The van der Waals surface area contributed by atoms with Gasteiger partial charge in [-0.2, -0.15) is 4.52 Å². The number of halogens is 3. The summed E-state index contributed by atoms with van der Waals surface area (Å²) >= 11 is 1.22. The first-order valence-corrected chi connectivity index (χ1v) is 9.71. The van der Waals surface area contributed by atoms with Crippen LogP contribution < -0.4 is 0 Å². The molecule has 1 fully saturated rings. The van der Waals surface area contributed by atoms with Gasteiger partial charge in [0.05, 0.1) is 10.9 Å². The van der Waals surface area contributed by atoms with Crippen molar-refractivity contribution >= 4 is 16.3 Å². The van der Waals surface area contributed by atoms with Gasteiger partial charge in [0.25, 0.3) is 0 Å². The minimum absolute atomic E-state index is 0.102. The van der Waals surface area contributed by atoms with Crippen molar-refractivity contribution in [2.75, 3.05) is 13.1 Å². The third-order valence-corrected chi connectivity index (χ3v) is 5.95. The first-order chi connectivity index (χ1) is 13.0. The van der Waals surface area contributed by atoms with E-state index in [1.165, 1.54) is 15.9 Å². The maximum atomic E-state index is 13.9. The molecule has 0 aliphatic carbocycles. The lowest BCUT2D eigenvalue weighted by atomic mass is 10.0. The highest BCUT2D eigenvalue weighted by Gasteiger charge is 2.31. The average Bonchev–Trinajstić information content (AvgIpc) is 2.99. The number of aromatic nitrogens is 3. The van der Waals surface area contributed by atoms with Crippen molar-refractivity contribution in [3.05, 3.63) is 45.8 Å². The van der Waals surface area contributed by atoms with E-state index in [1.807, 2.05) is 0 Å². The molecule has 0 spiro atoms. The van der Waals surface area contributed by atoms with E-state index in [4.69, 9.17) is 0 Å². The summed E-state index contributed by atoms with van der Waals surface area (Å²) in [7, 11) is 0. The van der Waals surface area contributed by atoms with E-state index in [9.17, 15) is 18.3 Å². The minimum Gasteiger partial charge on any atom is -0.492 e. The van der Waals surface area contributed by atoms with E-state index in [0.717, 1.165) is 50.9 Å². The molecule has 1 aromatic carbocycles. The van der Waals surface area contributed by atoms with Gasteiger partial charge in [-0.3, -0.25) is 4.90 Å². The van der Waals surface area contributed by atoms with Crippen LogP contribution in [-0.4, -0.2) is 37.7 Å². The third kappa shape index (κ3) is 3.29. The number of benzene rings is 1. The fourth-order valence-corrected chi connectivity index (χ4v) is 4.80. The molecule has 144 valence electrons. The number of likely N-dealkylation sites (tertiary alicyclic amines) is 1. The van der Waals surface area contributed by atoms with Crippen molar-refractivity contribution in [3.63, 3.8) is 0 Å². The standard InChI is InChI=1S/C18H19F3N4OS/c1-10-22-18-25(23-10)17(26)16(27-18)15(24-6-4-2-3-5-7-24)11-8-12(19)14(21)13(20)9-11/h8-9,15,26H,2-7H2,1H3. The molecule has 5 nitrogen and oxygen atoms in total. The van der Waals surface area contributed by atoms with Crippen LogP contribution in [0.5, 0.6) is 5.88 Å². The Kier molecular flexibility index (Phi) is 4.81. The molecule has 0 radical (unpaired) electrons. The zero-order valence-electron chi connectivity index (χ0n) is 14.8. The van der Waals surface area contributed by atoms with Gasteiger partial charge in [-0.05, 0) is 50.6 Å². The predicted molar refractivity (Wildman–Crippen MR) is 95.5 cm³/mol. The van der Waals surface area contributed by atoms with Crippen molar-refractivity contribution < 1.29 is 18.3 Å². The number of rotatable bonds is 3. The average molecular weight is 396 g/mol. The van der Waals surface area contributed by atoms with E-state index < -0.39 is 23.5 Å². The van der Waals surface area contributed by atoms with Gasteiger partial charge in [0.1, 0.15) is 5.82 Å². The lowest BCUT2D eigenvalue weighted by Gasteiger charge is -2.30. The van der Waals surface area contributed by atoms with E-state index in [-0.39, 0.29) is 11.4 Å². The Balaban J connectivity index is 1.86. The molecule has 9 heteroatoms. The van der Waals surface area contributed by atoms with Crippen molar-refractivity contribution in [1.82, 2.24) is 19.5 Å². The van der Waals surface area contributed by atoms with Gasteiger partial charge in [-0.15, -0.1) is 5.10 Å². The molecule has 1 N–H and O–H groups in total. The number of fused-ring (bicyclic) bond motifs is 1. The van der Waals surface area contributed by atoms with Crippen LogP contribution in [0.1, 0.15) is 48.0 Å². The van der Waals surface area contributed by atoms with Crippen LogP contribution in [0.25, 0.3) is 4.96 Å². The molecule has 27 heavy (non-hydrogen) atoms. The summed E-state index contributed by atoms with van der Waals surface area (Å²) in [5, 5.41) is 14.9. The van der Waals surface area contributed by atoms with Crippen LogP contribution in [0.4, 0.5) is 13.2 Å².